The minimum absolute atomic E-state index is 0.0258. The summed E-state index contributed by atoms with van der Waals surface area (Å²) in [7, 11) is -2.99. The summed E-state index contributed by atoms with van der Waals surface area (Å²) >= 11 is 0. The molecule has 2 fully saturated rings. The van der Waals surface area contributed by atoms with Crippen LogP contribution in [0.2, 0.25) is 0 Å². The minimum atomic E-state index is -2.99. The first-order valence-electron chi connectivity index (χ1n) is 7.33. The van der Waals surface area contributed by atoms with Gasteiger partial charge in [0.05, 0.1) is 30.3 Å². The molecular formula is C14H19N3O4S. The molecule has 7 nitrogen and oxygen atoms in total. The Labute approximate surface area is 129 Å². The highest BCUT2D eigenvalue weighted by molar-refractivity contribution is 7.91. The fourth-order valence-electron chi connectivity index (χ4n) is 2.68. The Hall–Kier alpha value is -1.67. The normalized spacial score (nSPS) is 24.2. The van der Waals surface area contributed by atoms with Crippen molar-refractivity contribution in [1.29, 1.82) is 0 Å². The number of amides is 1. The van der Waals surface area contributed by atoms with Crippen LogP contribution in [0.5, 0.6) is 0 Å². The molecule has 2 aliphatic heterocycles. The van der Waals surface area contributed by atoms with Crippen molar-refractivity contribution >= 4 is 21.6 Å². The number of anilines is 1. The monoisotopic (exact) mass is 325 g/mol. The number of hydrogen-bond acceptors (Lipinski definition) is 6. The number of carbonyl (C=O) groups excluding carboxylic acids is 1. The maximum Gasteiger partial charge on any atom is 0.253 e. The fraction of sp³-hybridized carbons (Fsp3) is 0.571. The van der Waals surface area contributed by atoms with E-state index >= 15 is 0 Å². The van der Waals surface area contributed by atoms with Crippen LogP contribution in [-0.4, -0.2) is 63.2 Å². The first kappa shape index (κ1) is 15.2. The number of carbonyl (C=O) groups is 1. The molecule has 1 N–H and O–H groups in total. The van der Waals surface area contributed by atoms with Gasteiger partial charge in [-0.1, -0.05) is 0 Å². The average Bonchev–Trinajstić information content (AvgIpc) is 2.87. The highest BCUT2D eigenvalue weighted by Gasteiger charge is 2.29. The number of nitrogens with one attached hydrogen (secondary N) is 1. The van der Waals surface area contributed by atoms with Crippen molar-refractivity contribution in [3.05, 3.63) is 23.9 Å². The van der Waals surface area contributed by atoms with Crippen LogP contribution >= 0.6 is 0 Å². The van der Waals surface area contributed by atoms with E-state index in [-0.39, 0.29) is 23.5 Å². The number of pyridine rings is 1. The van der Waals surface area contributed by atoms with Crippen LogP contribution in [-0.2, 0) is 14.6 Å². The number of rotatable bonds is 3. The molecule has 0 aliphatic carbocycles. The minimum Gasteiger partial charge on any atom is -0.378 e. The number of sulfone groups is 1. The zero-order valence-electron chi connectivity index (χ0n) is 12.2. The Morgan fingerprint density at radius 1 is 1.32 bits per heavy atom. The molecule has 0 aromatic carbocycles. The summed E-state index contributed by atoms with van der Waals surface area (Å²) in [5, 5.41) is 2.76. The molecule has 0 spiro atoms. The van der Waals surface area contributed by atoms with Crippen LogP contribution in [0.25, 0.3) is 0 Å². The Kier molecular flexibility index (Phi) is 4.30. The Bertz CT molecular complexity index is 639. The van der Waals surface area contributed by atoms with Gasteiger partial charge in [-0.3, -0.25) is 4.79 Å². The van der Waals surface area contributed by atoms with Gasteiger partial charge in [-0.05, 0) is 18.6 Å². The Morgan fingerprint density at radius 3 is 2.68 bits per heavy atom. The Morgan fingerprint density at radius 2 is 2.09 bits per heavy atom. The van der Waals surface area contributed by atoms with Crippen LogP contribution < -0.4 is 10.2 Å². The van der Waals surface area contributed by atoms with Crippen LogP contribution in [0, 0.1) is 0 Å². The van der Waals surface area contributed by atoms with Gasteiger partial charge in [-0.15, -0.1) is 0 Å². The molecule has 22 heavy (non-hydrogen) atoms. The summed E-state index contributed by atoms with van der Waals surface area (Å²) in [5.74, 6) is 0.718. The van der Waals surface area contributed by atoms with E-state index in [9.17, 15) is 13.2 Å². The molecule has 1 aromatic heterocycles. The number of nitrogens with zero attached hydrogens (tertiary/aromatic N) is 2. The lowest BCUT2D eigenvalue weighted by molar-refractivity contribution is 0.0940. The molecule has 0 unspecified atom stereocenters. The van der Waals surface area contributed by atoms with Gasteiger partial charge in [0, 0.05) is 25.3 Å². The molecule has 3 heterocycles. The van der Waals surface area contributed by atoms with Crippen molar-refractivity contribution in [2.75, 3.05) is 42.7 Å². The van der Waals surface area contributed by atoms with E-state index in [1.165, 1.54) is 6.20 Å². The van der Waals surface area contributed by atoms with Crippen molar-refractivity contribution in [2.24, 2.45) is 0 Å². The summed E-state index contributed by atoms with van der Waals surface area (Å²) < 4.78 is 28.1. The standard InChI is InChI=1S/C14H19N3O4S/c18-14(16-12-3-8-22(19,20)10-12)11-1-2-13(15-9-11)17-4-6-21-7-5-17/h1-2,9,12H,3-8,10H2,(H,16,18)/t12-/m0/s1. The molecular weight excluding hydrogens is 306 g/mol. The van der Waals surface area contributed by atoms with Crippen molar-refractivity contribution in [2.45, 2.75) is 12.5 Å². The smallest absolute Gasteiger partial charge is 0.253 e. The van der Waals surface area contributed by atoms with Gasteiger partial charge in [-0.25, -0.2) is 13.4 Å². The van der Waals surface area contributed by atoms with E-state index in [1.807, 2.05) is 6.07 Å². The number of ether oxygens (including phenoxy) is 1. The highest BCUT2D eigenvalue weighted by atomic mass is 32.2. The summed E-state index contributed by atoms with van der Waals surface area (Å²) in [6.45, 7) is 2.94. The van der Waals surface area contributed by atoms with Gasteiger partial charge in [0.15, 0.2) is 9.84 Å². The van der Waals surface area contributed by atoms with E-state index in [0.29, 0.717) is 25.2 Å². The molecule has 0 saturated carbocycles. The number of hydrogen-bond donors (Lipinski definition) is 1. The number of aromatic nitrogens is 1. The van der Waals surface area contributed by atoms with E-state index in [4.69, 9.17) is 4.74 Å². The van der Waals surface area contributed by atoms with E-state index in [2.05, 4.69) is 15.2 Å². The van der Waals surface area contributed by atoms with Gasteiger partial charge in [0.1, 0.15) is 5.82 Å². The molecule has 1 atom stereocenters. The first-order chi connectivity index (χ1) is 10.5. The van der Waals surface area contributed by atoms with Gasteiger partial charge in [0.25, 0.3) is 5.91 Å². The zero-order chi connectivity index (χ0) is 15.6. The maximum atomic E-state index is 12.1. The molecule has 8 heteroatoms. The third-order valence-electron chi connectivity index (χ3n) is 3.91. The van der Waals surface area contributed by atoms with Crippen molar-refractivity contribution in [3.63, 3.8) is 0 Å². The quantitative estimate of drug-likeness (QED) is 0.830. The van der Waals surface area contributed by atoms with Crippen LogP contribution in [0.1, 0.15) is 16.8 Å². The predicted octanol–water partition coefficient (Wildman–Crippen LogP) is -0.165. The largest absolute Gasteiger partial charge is 0.378 e. The molecule has 120 valence electrons. The summed E-state index contributed by atoms with van der Waals surface area (Å²) in [4.78, 5) is 18.5. The molecule has 1 aromatic rings. The second kappa shape index (κ2) is 6.21. The SMILES string of the molecule is O=C(N[C@H]1CCS(=O)(=O)C1)c1ccc(N2CCOCC2)nc1. The lowest BCUT2D eigenvalue weighted by atomic mass is 10.2. The second-order valence-corrected chi connectivity index (χ2v) is 7.81. The third-order valence-corrected chi connectivity index (χ3v) is 5.68. The summed E-state index contributed by atoms with van der Waals surface area (Å²) in [5.41, 5.74) is 0.446. The van der Waals surface area contributed by atoms with Gasteiger partial charge in [0.2, 0.25) is 0 Å². The predicted molar refractivity (Wildman–Crippen MR) is 81.8 cm³/mol. The maximum absolute atomic E-state index is 12.1. The van der Waals surface area contributed by atoms with Crippen LogP contribution in [0.4, 0.5) is 5.82 Å². The second-order valence-electron chi connectivity index (χ2n) is 5.58. The van der Waals surface area contributed by atoms with Crippen LogP contribution in [0.15, 0.2) is 18.3 Å². The van der Waals surface area contributed by atoms with E-state index < -0.39 is 9.84 Å². The lowest BCUT2D eigenvalue weighted by Gasteiger charge is -2.27. The average molecular weight is 325 g/mol. The topological polar surface area (TPSA) is 88.6 Å². The fourth-order valence-corrected chi connectivity index (χ4v) is 4.35. The first-order valence-corrected chi connectivity index (χ1v) is 9.16. The lowest BCUT2D eigenvalue weighted by Crippen LogP contribution is -2.37. The van der Waals surface area contributed by atoms with E-state index in [1.54, 1.807) is 6.07 Å². The van der Waals surface area contributed by atoms with Gasteiger partial charge >= 0.3 is 0 Å². The van der Waals surface area contributed by atoms with Gasteiger partial charge < -0.3 is 15.0 Å². The molecule has 2 saturated heterocycles. The van der Waals surface area contributed by atoms with Crippen LogP contribution in [0.3, 0.4) is 0 Å². The van der Waals surface area contributed by atoms with Crippen molar-refractivity contribution in [1.82, 2.24) is 10.3 Å². The van der Waals surface area contributed by atoms with E-state index in [0.717, 1.165) is 18.9 Å². The number of morpholine rings is 1. The third kappa shape index (κ3) is 3.56. The zero-order valence-corrected chi connectivity index (χ0v) is 13.0. The van der Waals surface area contributed by atoms with Crippen molar-refractivity contribution in [3.8, 4) is 0 Å². The molecule has 3 rings (SSSR count). The molecule has 2 aliphatic rings. The summed E-state index contributed by atoms with van der Waals surface area (Å²) in [6, 6.07) is 3.23. The highest BCUT2D eigenvalue weighted by Crippen LogP contribution is 2.15. The molecule has 1 amide bonds. The molecule has 0 radical (unpaired) electrons. The summed E-state index contributed by atoms with van der Waals surface area (Å²) in [6.07, 6.45) is 2.01. The Balaban J connectivity index is 1.61. The van der Waals surface area contributed by atoms with Crippen molar-refractivity contribution < 1.29 is 17.9 Å². The van der Waals surface area contributed by atoms with Gasteiger partial charge in [-0.2, -0.15) is 0 Å². The molecule has 0 bridgehead atoms.